The van der Waals surface area contributed by atoms with Crippen LogP contribution in [0.4, 0.5) is 0 Å². The second-order valence-corrected chi connectivity index (χ2v) is 8.08. The Balaban J connectivity index is 1.92. The van der Waals surface area contributed by atoms with Crippen LogP contribution in [-0.2, 0) is 11.0 Å². The molecule has 2 aliphatic rings. The van der Waals surface area contributed by atoms with Crippen molar-refractivity contribution in [2.24, 2.45) is 15.7 Å². The molecule has 26 heavy (non-hydrogen) atoms. The van der Waals surface area contributed by atoms with E-state index in [2.05, 4.69) is 74.2 Å². The van der Waals surface area contributed by atoms with Crippen molar-refractivity contribution in [2.75, 3.05) is 13.1 Å². The Morgan fingerprint density at radius 3 is 2.27 bits per heavy atom. The number of nitrogens with zero attached hydrogens (tertiary/aromatic N) is 3. The van der Waals surface area contributed by atoms with Gasteiger partial charge in [-0.1, -0.05) is 75.4 Å². The number of benzene rings is 2. The molecule has 0 aromatic heterocycles. The summed E-state index contributed by atoms with van der Waals surface area (Å²) in [4.78, 5) is 11.9. The largest absolute Gasteiger partial charge is 0.369 e. The Labute approximate surface area is 155 Å². The summed E-state index contributed by atoms with van der Waals surface area (Å²) in [5.41, 5.74) is 9.33. The Bertz CT molecular complexity index is 859. The van der Waals surface area contributed by atoms with Gasteiger partial charge in [-0.3, -0.25) is 9.89 Å². The molecule has 4 heteroatoms. The fraction of sp³-hybridized carbons (Fsp3) is 0.364. The molecule has 0 amide bonds. The number of fused-ring (bicyclic) bond motifs is 1. The van der Waals surface area contributed by atoms with E-state index in [9.17, 15) is 0 Å². The van der Waals surface area contributed by atoms with Crippen molar-refractivity contribution in [2.45, 2.75) is 38.1 Å². The summed E-state index contributed by atoms with van der Waals surface area (Å²) in [6, 6.07) is 19.2. The average Bonchev–Trinajstić information content (AvgIpc) is 2.96. The summed E-state index contributed by atoms with van der Waals surface area (Å²) in [6.45, 7) is 8.39. The zero-order valence-electron chi connectivity index (χ0n) is 15.7. The first-order valence-electron chi connectivity index (χ1n) is 9.27. The van der Waals surface area contributed by atoms with Crippen molar-refractivity contribution < 1.29 is 0 Å². The Hall–Kier alpha value is -2.62. The van der Waals surface area contributed by atoms with Gasteiger partial charge in [0.1, 0.15) is 5.84 Å². The molecule has 0 aliphatic carbocycles. The van der Waals surface area contributed by atoms with Gasteiger partial charge in [0.05, 0.1) is 0 Å². The number of hydrogen-bond donors (Lipinski definition) is 1. The predicted octanol–water partition coefficient (Wildman–Crippen LogP) is 3.66. The molecule has 2 aromatic carbocycles. The molecule has 2 heterocycles. The Kier molecular flexibility index (Phi) is 3.87. The number of hydrogen-bond acceptors (Lipinski definition) is 4. The lowest BCUT2D eigenvalue weighted by Gasteiger charge is -2.33. The lowest BCUT2D eigenvalue weighted by molar-refractivity contribution is 0.531. The van der Waals surface area contributed by atoms with E-state index in [1.54, 1.807) is 0 Å². The number of guanidine groups is 1. The minimum atomic E-state index is -0.651. The van der Waals surface area contributed by atoms with Crippen molar-refractivity contribution in [3.05, 3.63) is 71.3 Å². The van der Waals surface area contributed by atoms with Crippen LogP contribution >= 0.6 is 0 Å². The monoisotopic (exact) mass is 346 g/mol. The lowest BCUT2D eigenvalue weighted by Crippen LogP contribution is -2.46. The molecule has 0 saturated heterocycles. The SMILES string of the molecule is CC(C)(C)c1ccc(C2(c3ccccc3)N=C(N)N3CCCN=C32)cc1. The van der Waals surface area contributed by atoms with Crippen LogP contribution in [-0.4, -0.2) is 29.8 Å². The van der Waals surface area contributed by atoms with Crippen LogP contribution in [0.25, 0.3) is 0 Å². The summed E-state index contributed by atoms with van der Waals surface area (Å²) in [7, 11) is 0. The van der Waals surface area contributed by atoms with Crippen LogP contribution in [0.15, 0.2) is 64.6 Å². The molecule has 2 aromatic rings. The van der Waals surface area contributed by atoms with Crippen LogP contribution in [0.1, 0.15) is 43.9 Å². The summed E-state index contributed by atoms with van der Waals surface area (Å²) in [5, 5.41) is 0. The second-order valence-electron chi connectivity index (χ2n) is 8.08. The minimum Gasteiger partial charge on any atom is -0.369 e. The maximum absolute atomic E-state index is 6.33. The highest BCUT2D eigenvalue weighted by atomic mass is 15.4. The molecule has 0 radical (unpaired) electrons. The van der Waals surface area contributed by atoms with Crippen molar-refractivity contribution in [1.82, 2.24) is 4.90 Å². The molecule has 134 valence electrons. The maximum atomic E-state index is 6.33. The van der Waals surface area contributed by atoms with Gasteiger partial charge < -0.3 is 5.73 Å². The number of aliphatic imine (C=N–C) groups is 2. The topological polar surface area (TPSA) is 54.0 Å². The van der Waals surface area contributed by atoms with Gasteiger partial charge >= 0.3 is 0 Å². The number of amidine groups is 1. The van der Waals surface area contributed by atoms with Gasteiger partial charge in [0.25, 0.3) is 0 Å². The third-order valence-electron chi connectivity index (χ3n) is 5.30. The van der Waals surface area contributed by atoms with Gasteiger partial charge in [-0.25, -0.2) is 4.99 Å². The molecule has 0 bridgehead atoms. The first kappa shape index (κ1) is 16.8. The highest BCUT2D eigenvalue weighted by Gasteiger charge is 2.48. The van der Waals surface area contributed by atoms with Crippen LogP contribution in [0, 0.1) is 0 Å². The van der Waals surface area contributed by atoms with E-state index >= 15 is 0 Å². The molecule has 1 unspecified atom stereocenters. The quantitative estimate of drug-likeness (QED) is 0.902. The standard InChI is InChI=1S/C22H26N4/c1-21(2,3)16-10-12-18(13-11-16)22(17-8-5-4-6-9-17)19-24-14-7-15-26(19)20(23)25-22/h4-6,8-13H,7,14-15H2,1-3H3,(H2,23,25). The van der Waals surface area contributed by atoms with Crippen LogP contribution in [0.5, 0.6) is 0 Å². The molecule has 2 aliphatic heterocycles. The van der Waals surface area contributed by atoms with Gasteiger partial charge in [-0.05, 0) is 28.5 Å². The average molecular weight is 346 g/mol. The lowest BCUT2D eigenvalue weighted by atomic mass is 9.79. The zero-order valence-corrected chi connectivity index (χ0v) is 15.7. The summed E-state index contributed by atoms with van der Waals surface area (Å²) >= 11 is 0. The summed E-state index contributed by atoms with van der Waals surface area (Å²) in [5.74, 6) is 1.52. The molecule has 4 nitrogen and oxygen atoms in total. The second kappa shape index (κ2) is 5.97. The first-order valence-corrected chi connectivity index (χ1v) is 9.27. The van der Waals surface area contributed by atoms with Gasteiger partial charge in [-0.15, -0.1) is 0 Å². The molecular weight excluding hydrogens is 320 g/mol. The number of rotatable bonds is 2. The highest BCUT2D eigenvalue weighted by Crippen LogP contribution is 2.41. The van der Waals surface area contributed by atoms with Crippen molar-refractivity contribution in [1.29, 1.82) is 0 Å². The van der Waals surface area contributed by atoms with Crippen LogP contribution in [0.3, 0.4) is 0 Å². The third kappa shape index (κ3) is 2.52. The molecule has 1 atom stereocenters. The van der Waals surface area contributed by atoms with E-state index in [0.29, 0.717) is 5.96 Å². The van der Waals surface area contributed by atoms with Gasteiger partial charge in [0.2, 0.25) is 0 Å². The van der Waals surface area contributed by atoms with E-state index in [0.717, 1.165) is 36.5 Å². The first-order chi connectivity index (χ1) is 12.4. The van der Waals surface area contributed by atoms with Crippen molar-refractivity contribution in [3.8, 4) is 0 Å². The maximum Gasteiger partial charge on any atom is 0.198 e. The van der Waals surface area contributed by atoms with E-state index in [1.165, 1.54) is 5.56 Å². The smallest absolute Gasteiger partial charge is 0.198 e. The van der Waals surface area contributed by atoms with E-state index in [4.69, 9.17) is 15.7 Å². The number of nitrogens with two attached hydrogens (primary N) is 1. The van der Waals surface area contributed by atoms with E-state index < -0.39 is 5.54 Å². The van der Waals surface area contributed by atoms with Crippen LogP contribution in [0.2, 0.25) is 0 Å². The van der Waals surface area contributed by atoms with E-state index in [-0.39, 0.29) is 5.41 Å². The molecule has 0 spiro atoms. The van der Waals surface area contributed by atoms with Crippen molar-refractivity contribution in [3.63, 3.8) is 0 Å². The Morgan fingerprint density at radius 1 is 0.962 bits per heavy atom. The molecule has 4 rings (SSSR count). The molecule has 0 fully saturated rings. The van der Waals surface area contributed by atoms with Crippen LogP contribution < -0.4 is 5.73 Å². The minimum absolute atomic E-state index is 0.116. The fourth-order valence-corrected chi connectivity index (χ4v) is 3.86. The fourth-order valence-electron chi connectivity index (χ4n) is 3.86. The van der Waals surface area contributed by atoms with E-state index in [1.807, 2.05) is 6.07 Å². The highest BCUT2D eigenvalue weighted by molar-refractivity contribution is 6.12. The predicted molar refractivity (Wildman–Crippen MR) is 108 cm³/mol. The molecule has 0 saturated carbocycles. The Morgan fingerprint density at radius 2 is 1.62 bits per heavy atom. The van der Waals surface area contributed by atoms with Gasteiger partial charge in [-0.2, -0.15) is 0 Å². The van der Waals surface area contributed by atoms with Crippen molar-refractivity contribution >= 4 is 11.8 Å². The zero-order chi connectivity index (χ0) is 18.4. The normalized spacial score (nSPS) is 22.7. The summed E-state index contributed by atoms with van der Waals surface area (Å²) in [6.07, 6.45) is 1.01. The van der Waals surface area contributed by atoms with Gasteiger partial charge in [0.15, 0.2) is 11.5 Å². The molecular formula is C22H26N4. The summed E-state index contributed by atoms with van der Waals surface area (Å²) < 4.78 is 0. The third-order valence-corrected chi connectivity index (χ3v) is 5.30. The molecule has 2 N–H and O–H groups in total. The van der Waals surface area contributed by atoms with Gasteiger partial charge in [0, 0.05) is 13.1 Å².